The predicted molar refractivity (Wildman–Crippen MR) is 133 cm³/mol. The van der Waals surface area contributed by atoms with Crippen molar-refractivity contribution in [2.24, 2.45) is 4.99 Å². The van der Waals surface area contributed by atoms with Gasteiger partial charge in [0.1, 0.15) is 27.0 Å². The number of fused-ring (bicyclic) bond motifs is 1. The molecule has 4 aromatic rings. The molecule has 2 N–H and O–H groups in total. The van der Waals surface area contributed by atoms with Crippen LogP contribution in [0.25, 0.3) is 11.3 Å². The summed E-state index contributed by atoms with van der Waals surface area (Å²) >= 11 is 2.19. The Balaban J connectivity index is 1.63. The summed E-state index contributed by atoms with van der Waals surface area (Å²) in [6, 6.07) is 17.0. The van der Waals surface area contributed by atoms with Crippen LogP contribution in [0.4, 0.5) is 10.1 Å². The van der Waals surface area contributed by atoms with E-state index in [1.54, 1.807) is 54.8 Å². The van der Waals surface area contributed by atoms with Gasteiger partial charge in [0.05, 0.1) is 12.8 Å². The standard InChI is InChI=1S/C24H18FIN6O2/c1-34-16-6-4-5-15(13-16)23-28-20-19(17-7-2-3-8-18(17)25)29-30-21(20)22(26)32(23)31-24(33)14-9-11-27-12-10-14/h2-13,22H,1H3,(H,29,30)(H,31,33). The smallest absolute Gasteiger partial charge is 0.269 e. The minimum atomic E-state index is -0.412. The number of nitrogens with zero attached hydrogens (tertiary/aromatic N) is 4. The number of halogens is 2. The molecular formula is C24H18FIN6O2. The highest BCUT2D eigenvalue weighted by molar-refractivity contribution is 14.1. The van der Waals surface area contributed by atoms with Gasteiger partial charge >= 0.3 is 0 Å². The van der Waals surface area contributed by atoms with Crippen LogP contribution in [-0.2, 0) is 0 Å². The summed E-state index contributed by atoms with van der Waals surface area (Å²) in [5, 5.41) is 9.00. The molecule has 0 spiro atoms. The van der Waals surface area contributed by atoms with Gasteiger partial charge in [-0.3, -0.25) is 20.3 Å². The Bertz CT molecular complexity index is 1390. The third kappa shape index (κ3) is 4.00. The zero-order valence-electron chi connectivity index (χ0n) is 17.9. The molecule has 2 aromatic carbocycles. The number of pyridine rings is 1. The average molecular weight is 568 g/mol. The number of ether oxygens (including phenoxy) is 1. The molecule has 8 nitrogen and oxygen atoms in total. The fraction of sp³-hybridized carbons (Fsp3) is 0.0833. The quantitative estimate of drug-likeness (QED) is 0.205. The summed E-state index contributed by atoms with van der Waals surface area (Å²) in [7, 11) is 1.58. The SMILES string of the molecule is COc1cccc(C2=Nc3c(-c4ccccc4F)n[nH]c3C(I)N2NC(=O)c2ccncc2)c1. The van der Waals surface area contributed by atoms with Crippen molar-refractivity contribution >= 4 is 40.0 Å². The lowest BCUT2D eigenvalue weighted by atomic mass is 10.1. The highest BCUT2D eigenvalue weighted by Crippen LogP contribution is 2.43. The van der Waals surface area contributed by atoms with E-state index < -0.39 is 9.87 Å². The zero-order valence-corrected chi connectivity index (χ0v) is 20.0. The fourth-order valence-electron chi connectivity index (χ4n) is 3.62. The van der Waals surface area contributed by atoms with Crippen LogP contribution in [0.5, 0.6) is 5.75 Å². The van der Waals surface area contributed by atoms with Crippen molar-refractivity contribution in [3.05, 3.63) is 95.7 Å². The van der Waals surface area contributed by atoms with Gasteiger partial charge in [0.2, 0.25) is 0 Å². The number of amides is 1. The summed E-state index contributed by atoms with van der Waals surface area (Å²) < 4.78 is 19.6. The van der Waals surface area contributed by atoms with Gasteiger partial charge in [-0.1, -0.05) is 24.3 Å². The Morgan fingerprint density at radius 1 is 1.15 bits per heavy atom. The Kier molecular flexibility index (Phi) is 5.97. The van der Waals surface area contributed by atoms with E-state index in [2.05, 4.69) is 43.2 Å². The van der Waals surface area contributed by atoms with Crippen molar-refractivity contribution in [3.63, 3.8) is 0 Å². The largest absolute Gasteiger partial charge is 0.497 e. The molecule has 1 unspecified atom stereocenters. The number of methoxy groups -OCH3 is 1. The Morgan fingerprint density at radius 2 is 1.94 bits per heavy atom. The number of aliphatic imine (C=N–C) groups is 1. The third-order valence-corrected chi connectivity index (χ3v) is 6.48. The molecule has 3 heterocycles. The van der Waals surface area contributed by atoms with Crippen molar-refractivity contribution in [2.45, 2.75) is 4.05 Å². The van der Waals surface area contributed by atoms with Crippen LogP contribution in [-0.4, -0.2) is 39.0 Å². The van der Waals surface area contributed by atoms with Crippen LogP contribution in [0.2, 0.25) is 0 Å². The summed E-state index contributed by atoms with van der Waals surface area (Å²) in [4.78, 5) is 21.8. The van der Waals surface area contributed by atoms with Gasteiger partial charge in [0, 0.05) is 29.1 Å². The molecule has 1 aliphatic rings. The van der Waals surface area contributed by atoms with Crippen LogP contribution in [0, 0.1) is 5.82 Å². The molecule has 0 saturated carbocycles. The molecule has 34 heavy (non-hydrogen) atoms. The number of carbonyl (C=O) groups excluding carboxylic acids is 1. The average Bonchev–Trinajstić information content (AvgIpc) is 3.30. The van der Waals surface area contributed by atoms with Crippen LogP contribution in [0.1, 0.15) is 25.7 Å². The molecule has 0 radical (unpaired) electrons. The first-order chi connectivity index (χ1) is 16.6. The minimum Gasteiger partial charge on any atom is -0.497 e. The minimum absolute atomic E-state index is 0.322. The first-order valence-corrected chi connectivity index (χ1v) is 11.5. The van der Waals surface area contributed by atoms with E-state index in [4.69, 9.17) is 9.73 Å². The first kappa shape index (κ1) is 22.0. The number of hydrazine groups is 1. The number of amidine groups is 1. The van der Waals surface area contributed by atoms with E-state index in [0.717, 1.165) is 0 Å². The molecule has 10 heteroatoms. The predicted octanol–water partition coefficient (Wildman–Crippen LogP) is 4.79. The number of H-pyrrole nitrogens is 1. The van der Waals surface area contributed by atoms with E-state index in [-0.39, 0.29) is 5.91 Å². The lowest BCUT2D eigenvalue weighted by Gasteiger charge is -2.33. The lowest BCUT2D eigenvalue weighted by molar-refractivity contribution is 0.0864. The van der Waals surface area contributed by atoms with Crippen molar-refractivity contribution in [1.29, 1.82) is 0 Å². The summed E-state index contributed by atoms with van der Waals surface area (Å²) in [5.74, 6) is 0.385. The van der Waals surface area contributed by atoms with Crippen LogP contribution >= 0.6 is 22.6 Å². The van der Waals surface area contributed by atoms with E-state index >= 15 is 0 Å². The summed E-state index contributed by atoms with van der Waals surface area (Å²) in [5.41, 5.74) is 5.99. The maximum absolute atomic E-state index is 14.6. The first-order valence-electron chi connectivity index (χ1n) is 10.3. The van der Waals surface area contributed by atoms with Crippen molar-refractivity contribution in [1.82, 2.24) is 25.6 Å². The van der Waals surface area contributed by atoms with Gasteiger partial charge in [-0.05, 0) is 59.0 Å². The number of rotatable bonds is 5. The molecule has 5 rings (SSSR count). The topological polar surface area (TPSA) is 95.5 Å². The monoisotopic (exact) mass is 568 g/mol. The van der Waals surface area contributed by atoms with Gasteiger partial charge in [0.15, 0.2) is 5.84 Å². The van der Waals surface area contributed by atoms with Gasteiger partial charge in [0.25, 0.3) is 5.91 Å². The molecule has 0 fully saturated rings. The van der Waals surface area contributed by atoms with Crippen LogP contribution in [0.3, 0.4) is 0 Å². The maximum Gasteiger partial charge on any atom is 0.269 e. The number of carbonyl (C=O) groups is 1. The van der Waals surface area contributed by atoms with Crippen LogP contribution in [0.15, 0.2) is 78.0 Å². The zero-order chi connectivity index (χ0) is 23.7. The molecule has 2 aromatic heterocycles. The lowest BCUT2D eigenvalue weighted by Crippen LogP contribution is -2.48. The van der Waals surface area contributed by atoms with Crippen molar-refractivity contribution < 1.29 is 13.9 Å². The molecule has 1 amide bonds. The normalized spacial score (nSPS) is 14.9. The number of hydrogen-bond donors (Lipinski definition) is 2. The molecule has 0 bridgehead atoms. The van der Waals surface area contributed by atoms with E-state index in [0.29, 0.717) is 45.4 Å². The number of hydrogen-bond acceptors (Lipinski definition) is 6. The second kappa shape index (κ2) is 9.21. The fourth-order valence-corrected chi connectivity index (χ4v) is 4.46. The van der Waals surface area contributed by atoms with Crippen molar-refractivity contribution in [3.8, 4) is 17.0 Å². The van der Waals surface area contributed by atoms with Crippen molar-refractivity contribution in [2.75, 3.05) is 7.11 Å². The number of aromatic amines is 1. The van der Waals surface area contributed by atoms with Gasteiger partial charge in [-0.2, -0.15) is 5.10 Å². The summed E-state index contributed by atoms with van der Waals surface area (Å²) in [6.45, 7) is 0. The molecule has 0 saturated heterocycles. The van der Waals surface area contributed by atoms with E-state index in [1.807, 2.05) is 24.3 Å². The van der Waals surface area contributed by atoms with Gasteiger partial charge in [-0.15, -0.1) is 0 Å². The number of benzene rings is 2. The maximum atomic E-state index is 14.6. The number of nitrogens with one attached hydrogen (secondary N) is 2. The van der Waals surface area contributed by atoms with E-state index in [1.165, 1.54) is 6.07 Å². The Hall–Kier alpha value is -3.80. The Labute approximate surface area is 208 Å². The van der Waals surface area contributed by atoms with Crippen LogP contribution < -0.4 is 10.2 Å². The highest BCUT2D eigenvalue weighted by atomic mass is 127. The summed E-state index contributed by atoms with van der Waals surface area (Å²) in [6.07, 6.45) is 3.11. The van der Waals surface area contributed by atoms with Gasteiger partial charge in [-0.25, -0.2) is 14.4 Å². The highest BCUT2D eigenvalue weighted by Gasteiger charge is 2.35. The Morgan fingerprint density at radius 3 is 2.71 bits per heavy atom. The molecule has 170 valence electrons. The molecule has 1 aliphatic heterocycles. The van der Waals surface area contributed by atoms with Gasteiger partial charge < -0.3 is 4.74 Å². The number of alkyl halides is 1. The number of aromatic nitrogens is 3. The van der Waals surface area contributed by atoms with E-state index in [9.17, 15) is 9.18 Å². The molecule has 1 atom stereocenters. The molecular weight excluding hydrogens is 550 g/mol. The molecule has 0 aliphatic carbocycles. The second-order valence-corrected chi connectivity index (χ2v) is 8.54. The third-order valence-electron chi connectivity index (χ3n) is 5.30. The second-order valence-electron chi connectivity index (χ2n) is 7.36.